The summed E-state index contributed by atoms with van der Waals surface area (Å²) in [5, 5.41) is 14.0. The molecule has 0 aromatic heterocycles. The monoisotopic (exact) mass is 550 g/mol. The highest BCUT2D eigenvalue weighted by Crippen LogP contribution is 2.31. The number of carbonyl (C=O) groups is 1. The van der Waals surface area contributed by atoms with Gasteiger partial charge in [0.05, 0.1) is 10.0 Å². The number of hydrogen-bond donors (Lipinski definition) is 1. The molecule has 0 aliphatic carbocycles. The van der Waals surface area contributed by atoms with Crippen LogP contribution < -0.4 is 10.1 Å². The van der Waals surface area contributed by atoms with Crippen molar-refractivity contribution in [3.05, 3.63) is 112 Å². The Bertz CT molecular complexity index is 1500. The second kappa shape index (κ2) is 10.7. The van der Waals surface area contributed by atoms with E-state index in [1.54, 1.807) is 24.3 Å². The normalized spacial score (nSPS) is 11.7. The molecule has 0 unspecified atom stereocenters. The number of amides is 1. The molecule has 4 aromatic rings. The van der Waals surface area contributed by atoms with Crippen LogP contribution in [0.4, 0.5) is 18.9 Å². The number of nitrogens with zero attached hydrogens (tertiary/aromatic N) is 1. The molecule has 0 bridgehead atoms. The van der Waals surface area contributed by atoms with E-state index in [1.165, 1.54) is 18.2 Å². The van der Waals surface area contributed by atoms with Crippen LogP contribution in [-0.2, 0) is 17.6 Å². The van der Waals surface area contributed by atoms with Gasteiger partial charge in [-0.25, -0.2) is 0 Å². The molecule has 0 saturated carbocycles. The Hall–Kier alpha value is -4.09. The molecule has 180 valence electrons. The first-order chi connectivity index (χ1) is 17.2. The zero-order valence-corrected chi connectivity index (χ0v) is 20.2. The lowest BCUT2D eigenvalue weighted by molar-refractivity contribution is -0.137. The number of nitrogens with one attached hydrogen (secondary N) is 1. The Morgan fingerprint density at radius 1 is 1.00 bits per heavy atom. The number of alkyl halides is 3. The number of rotatable bonds is 6. The van der Waals surface area contributed by atoms with Crippen LogP contribution in [0.25, 0.3) is 16.8 Å². The Kier molecular flexibility index (Phi) is 7.41. The molecule has 4 rings (SSSR count). The maximum Gasteiger partial charge on any atom is 0.416 e. The first-order valence-corrected chi connectivity index (χ1v) is 11.5. The molecular formula is C28H18BrF3N2O2. The number of fused-ring (bicyclic) bond motifs is 1. The molecule has 0 heterocycles. The largest absolute Gasteiger partial charge is 0.488 e. The van der Waals surface area contributed by atoms with Crippen molar-refractivity contribution in [2.24, 2.45) is 0 Å². The summed E-state index contributed by atoms with van der Waals surface area (Å²) in [6, 6.07) is 25.1. The minimum absolute atomic E-state index is 0.0608. The van der Waals surface area contributed by atoms with E-state index in [0.29, 0.717) is 22.4 Å². The maximum atomic E-state index is 12.9. The summed E-state index contributed by atoms with van der Waals surface area (Å²) in [5.74, 6) is -0.240. The van der Waals surface area contributed by atoms with Crippen LogP contribution in [0.15, 0.2) is 95.0 Å². The molecule has 0 aliphatic rings. The van der Waals surface area contributed by atoms with Crippen molar-refractivity contribution in [1.82, 2.24) is 0 Å². The molecule has 0 radical (unpaired) electrons. The van der Waals surface area contributed by atoms with Crippen LogP contribution >= 0.6 is 15.9 Å². The van der Waals surface area contributed by atoms with Crippen molar-refractivity contribution in [3.8, 4) is 11.8 Å². The third-order valence-electron chi connectivity index (χ3n) is 5.34. The van der Waals surface area contributed by atoms with Crippen LogP contribution in [0.2, 0.25) is 0 Å². The molecule has 4 aromatic carbocycles. The molecule has 0 fully saturated rings. The number of ether oxygens (including phenoxy) is 1. The highest BCUT2D eigenvalue weighted by atomic mass is 79.9. The average Bonchev–Trinajstić information content (AvgIpc) is 2.86. The molecule has 4 nitrogen and oxygen atoms in total. The Balaban J connectivity index is 1.48. The lowest BCUT2D eigenvalue weighted by Crippen LogP contribution is -2.14. The van der Waals surface area contributed by atoms with E-state index in [9.17, 15) is 23.2 Å². The summed E-state index contributed by atoms with van der Waals surface area (Å²) in [4.78, 5) is 12.5. The number of nitriles is 1. The quantitative estimate of drug-likeness (QED) is 0.197. The van der Waals surface area contributed by atoms with E-state index >= 15 is 0 Å². The lowest BCUT2D eigenvalue weighted by Gasteiger charge is -2.11. The van der Waals surface area contributed by atoms with Gasteiger partial charge in [0.25, 0.3) is 5.91 Å². The smallest absolute Gasteiger partial charge is 0.416 e. The van der Waals surface area contributed by atoms with Gasteiger partial charge < -0.3 is 10.1 Å². The summed E-state index contributed by atoms with van der Waals surface area (Å²) >= 11 is 3.46. The van der Waals surface area contributed by atoms with Crippen LogP contribution in [0, 0.1) is 11.3 Å². The number of benzene rings is 4. The Morgan fingerprint density at radius 3 is 2.50 bits per heavy atom. The molecule has 36 heavy (non-hydrogen) atoms. The van der Waals surface area contributed by atoms with Gasteiger partial charge in [-0.15, -0.1) is 0 Å². The average molecular weight is 551 g/mol. The van der Waals surface area contributed by atoms with E-state index in [4.69, 9.17) is 4.74 Å². The fourth-order valence-corrected chi connectivity index (χ4v) is 4.10. The van der Waals surface area contributed by atoms with Crippen molar-refractivity contribution >= 4 is 44.4 Å². The van der Waals surface area contributed by atoms with Gasteiger partial charge in [0, 0.05) is 5.69 Å². The number of hydrogen-bond acceptors (Lipinski definition) is 3. The van der Waals surface area contributed by atoms with Gasteiger partial charge in [0.2, 0.25) is 0 Å². The van der Waals surface area contributed by atoms with Crippen molar-refractivity contribution < 1.29 is 22.7 Å². The molecule has 0 atom stereocenters. The zero-order chi connectivity index (χ0) is 25.7. The van der Waals surface area contributed by atoms with E-state index in [1.807, 2.05) is 42.5 Å². The number of carbonyl (C=O) groups excluding carboxylic acids is 1. The highest BCUT2D eigenvalue weighted by Gasteiger charge is 2.30. The molecule has 0 aliphatic heterocycles. The fraction of sp³-hybridized carbons (Fsp3) is 0.0714. The van der Waals surface area contributed by atoms with Gasteiger partial charge in [-0.3, -0.25) is 4.79 Å². The second-order valence-corrected chi connectivity index (χ2v) is 8.67. The summed E-state index contributed by atoms with van der Waals surface area (Å²) in [7, 11) is 0. The van der Waals surface area contributed by atoms with Gasteiger partial charge in [0.1, 0.15) is 24.0 Å². The summed E-state index contributed by atoms with van der Waals surface area (Å²) in [6.45, 7) is 0.345. The van der Waals surface area contributed by atoms with Crippen LogP contribution in [0.1, 0.15) is 16.7 Å². The minimum atomic E-state index is -4.54. The second-order valence-electron chi connectivity index (χ2n) is 7.82. The standard InChI is InChI=1S/C28H18BrF3N2O2/c29-25-14-18(11-12-26(25)36-17-20-7-3-6-19-5-1-2-10-24(19)20)13-21(16-33)27(35)34-23-9-4-8-22(15-23)28(30,31)32/h1-15H,17H2,(H,34,35)/b21-13+. The summed E-state index contributed by atoms with van der Waals surface area (Å²) < 4.78 is 45.3. The van der Waals surface area contributed by atoms with Gasteiger partial charge in [0.15, 0.2) is 0 Å². The number of anilines is 1. The predicted octanol–water partition coefficient (Wildman–Crippen LogP) is 7.75. The van der Waals surface area contributed by atoms with Gasteiger partial charge >= 0.3 is 6.18 Å². The first-order valence-electron chi connectivity index (χ1n) is 10.7. The van der Waals surface area contributed by atoms with Gasteiger partial charge in [-0.05, 0) is 74.2 Å². The van der Waals surface area contributed by atoms with Gasteiger partial charge in [-0.2, -0.15) is 18.4 Å². The van der Waals surface area contributed by atoms with Crippen LogP contribution in [0.3, 0.4) is 0 Å². The van der Waals surface area contributed by atoms with E-state index in [0.717, 1.165) is 28.5 Å². The topological polar surface area (TPSA) is 62.1 Å². The van der Waals surface area contributed by atoms with Crippen LogP contribution in [0.5, 0.6) is 5.75 Å². The molecular weight excluding hydrogens is 533 g/mol. The lowest BCUT2D eigenvalue weighted by atomic mass is 10.1. The highest BCUT2D eigenvalue weighted by molar-refractivity contribution is 9.10. The Morgan fingerprint density at radius 2 is 1.75 bits per heavy atom. The van der Waals surface area contributed by atoms with Gasteiger partial charge in [-0.1, -0.05) is 54.6 Å². The zero-order valence-electron chi connectivity index (χ0n) is 18.6. The van der Waals surface area contributed by atoms with Crippen molar-refractivity contribution in [3.63, 3.8) is 0 Å². The maximum absolute atomic E-state index is 12.9. The molecule has 8 heteroatoms. The molecule has 1 amide bonds. The first kappa shape index (κ1) is 25.0. The van der Waals surface area contributed by atoms with Crippen LogP contribution in [-0.4, -0.2) is 5.91 Å². The van der Waals surface area contributed by atoms with Crippen molar-refractivity contribution in [2.45, 2.75) is 12.8 Å². The molecule has 0 saturated heterocycles. The van der Waals surface area contributed by atoms with E-state index in [2.05, 4.69) is 21.2 Å². The number of halogens is 4. The molecule has 1 N–H and O–H groups in total. The summed E-state index contributed by atoms with van der Waals surface area (Å²) in [6.07, 6.45) is -3.19. The van der Waals surface area contributed by atoms with E-state index < -0.39 is 17.6 Å². The third-order valence-corrected chi connectivity index (χ3v) is 5.96. The Labute approximate surface area is 213 Å². The summed E-state index contributed by atoms with van der Waals surface area (Å²) in [5.41, 5.74) is 0.348. The third kappa shape index (κ3) is 5.93. The van der Waals surface area contributed by atoms with Crippen molar-refractivity contribution in [2.75, 3.05) is 5.32 Å². The SMILES string of the molecule is N#C/C(=C\c1ccc(OCc2cccc3ccccc23)c(Br)c1)C(=O)Nc1cccc(C(F)(F)F)c1. The predicted molar refractivity (Wildman–Crippen MR) is 136 cm³/mol. The minimum Gasteiger partial charge on any atom is -0.488 e. The van der Waals surface area contributed by atoms with E-state index in [-0.39, 0.29) is 11.3 Å². The molecule has 0 spiro atoms. The van der Waals surface area contributed by atoms with Crippen molar-refractivity contribution in [1.29, 1.82) is 5.26 Å². The fourth-order valence-electron chi connectivity index (χ4n) is 3.58.